The number of ether oxygens (including phenoxy) is 1. The molecule has 1 N–H and O–H groups in total. The van der Waals surface area contributed by atoms with Crippen LogP contribution < -0.4 is 10.1 Å². The predicted molar refractivity (Wildman–Crippen MR) is 132 cm³/mol. The number of piperidine rings is 1. The van der Waals surface area contributed by atoms with Crippen molar-refractivity contribution in [1.82, 2.24) is 14.7 Å². The molecule has 4 rings (SSSR count). The van der Waals surface area contributed by atoms with E-state index in [2.05, 4.69) is 24.3 Å². The standard InChI is InChI=1S/C27H30F2N4O3/c1-17-14-30-32(15-21-13-22(28)9-12-24(21)29)26(17)31-27(35)20-7-10-23(11-8-20)36-16-25(34)33-18(2)5-4-6-19(33)3/h7-14,18-19H,4-6,15-16H2,1-3H3,(H,31,35). The summed E-state index contributed by atoms with van der Waals surface area (Å²) in [6.07, 6.45) is 4.66. The lowest BCUT2D eigenvalue weighted by atomic mass is 9.97. The number of rotatable bonds is 7. The van der Waals surface area contributed by atoms with Crippen LogP contribution in [0.5, 0.6) is 5.75 Å². The Morgan fingerprint density at radius 2 is 1.78 bits per heavy atom. The topological polar surface area (TPSA) is 76.5 Å². The molecule has 9 heteroatoms. The summed E-state index contributed by atoms with van der Waals surface area (Å²) in [5.41, 5.74) is 1.17. The summed E-state index contributed by atoms with van der Waals surface area (Å²) in [6, 6.07) is 10.1. The van der Waals surface area contributed by atoms with Gasteiger partial charge >= 0.3 is 0 Å². The fraction of sp³-hybridized carbons (Fsp3) is 0.370. The SMILES string of the molecule is Cc1cnn(Cc2cc(F)ccc2F)c1NC(=O)c1ccc(OCC(=O)N2C(C)CCCC2C)cc1. The maximum absolute atomic E-state index is 14.1. The van der Waals surface area contributed by atoms with Crippen LogP contribution in [0.2, 0.25) is 0 Å². The number of nitrogens with one attached hydrogen (secondary N) is 1. The van der Waals surface area contributed by atoms with E-state index >= 15 is 0 Å². The average Bonchev–Trinajstić information content (AvgIpc) is 3.19. The first-order valence-electron chi connectivity index (χ1n) is 12.0. The van der Waals surface area contributed by atoms with Crippen molar-refractivity contribution < 1.29 is 23.1 Å². The molecule has 3 aromatic rings. The molecule has 0 radical (unpaired) electrons. The van der Waals surface area contributed by atoms with Crippen molar-refractivity contribution in [3.63, 3.8) is 0 Å². The van der Waals surface area contributed by atoms with Crippen LogP contribution in [-0.4, -0.2) is 45.2 Å². The number of halogens is 2. The zero-order chi connectivity index (χ0) is 25.8. The molecule has 2 aromatic carbocycles. The van der Waals surface area contributed by atoms with Crippen molar-refractivity contribution in [2.75, 3.05) is 11.9 Å². The first-order chi connectivity index (χ1) is 17.2. The summed E-state index contributed by atoms with van der Waals surface area (Å²) < 4.78 is 34.7. The first-order valence-corrected chi connectivity index (χ1v) is 12.0. The molecule has 1 saturated heterocycles. The van der Waals surface area contributed by atoms with Crippen LogP contribution in [-0.2, 0) is 11.3 Å². The molecule has 1 fully saturated rings. The van der Waals surface area contributed by atoms with Crippen molar-refractivity contribution in [1.29, 1.82) is 0 Å². The highest BCUT2D eigenvalue weighted by atomic mass is 19.1. The molecule has 0 bridgehead atoms. The Hall–Kier alpha value is -3.75. The van der Waals surface area contributed by atoms with Gasteiger partial charge in [0.15, 0.2) is 6.61 Å². The smallest absolute Gasteiger partial charge is 0.260 e. The van der Waals surface area contributed by atoms with Crippen molar-refractivity contribution in [2.24, 2.45) is 0 Å². The van der Waals surface area contributed by atoms with E-state index in [0.29, 0.717) is 22.7 Å². The molecule has 0 spiro atoms. The fourth-order valence-electron chi connectivity index (χ4n) is 4.60. The van der Waals surface area contributed by atoms with Gasteiger partial charge in [0.2, 0.25) is 0 Å². The molecule has 1 aliphatic heterocycles. The second-order valence-electron chi connectivity index (χ2n) is 9.27. The first kappa shape index (κ1) is 25.3. The minimum absolute atomic E-state index is 0.0396. The molecule has 2 amide bonds. The average molecular weight is 497 g/mol. The lowest BCUT2D eigenvalue weighted by Crippen LogP contribution is -2.49. The van der Waals surface area contributed by atoms with E-state index in [4.69, 9.17) is 4.74 Å². The van der Waals surface area contributed by atoms with Gasteiger partial charge < -0.3 is 15.0 Å². The molecule has 0 saturated carbocycles. The number of hydrogen-bond acceptors (Lipinski definition) is 4. The van der Waals surface area contributed by atoms with Gasteiger partial charge in [-0.2, -0.15) is 5.10 Å². The number of carbonyl (C=O) groups is 2. The highest BCUT2D eigenvalue weighted by Crippen LogP contribution is 2.23. The summed E-state index contributed by atoms with van der Waals surface area (Å²) in [5, 5.41) is 6.99. The van der Waals surface area contributed by atoms with Gasteiger partial charge in [0, 0.05) is 28.8 Å². The van der Waals surface area contributed by atoms with Gasteiger partial charge in [-0.25, -0.2) is 13.5 Å². The number of amides is 2. The van der Waals surface area contributed by atoms with Crippen LogP contribution in [0.4, 0.5) is 14.6 Å². The third-order valence-corrected chi connectivity index (χ3v) is 6.54. The normalized spacial score (nSPS) is 17.6. The number of benzene rings is 2. The highest BCUT2D eigenvalue weighted by molar-refractivity contribution is 6.04. The Kier molecular flexibility index (Phi) is 7.67. The minimum atomic E-state index is -0.555. The maximum atomic E-state index is 14.1. The van der Waals surface area contributed by atoms with Crippen LogP contribution in [0.25, 0.3) is 0 Å². The Morgan fingerprint density at radius 1 is 1.08 bits per heavy atom. The number of nitrogens with zero attached hydrogens (tertiary/aromatic N) is 3. The molecule has 36 heavy (non-hydrogen) atoms. The van der Waals surface area contributed by atoms with E-state index in [1.807, 2.05) is 4.90 Å². The van der Waals surface area contributed by atoms with Gasteiger partial charge in [-0.05, 0) is 82.5 Å². The van der Waals surface area contributed by atoms with Crippen molar-refractivity contribution in [3.05, 3.63) is 77.0 Å². The Labute approximate surface area is 209 Å². The molecular weight excluding hydrogens is 466 g/mol. The van der Waals surface area contributed by atoms with Gasteiger partial charge in [-0.1, -0.05) is 0 Å². The Balaban J connectivity index is 1.38. The van der Waals surface area contributed by atoms with Gasteiger partial charge in [-0.3, -0.25) is 9.59 Å². The zero-order valence-electron chi connectivity index (χ0n) is 20.6. The van der Waals surface area contributed by atoms with Gasteiger partial charge in [0.25, 0.3) is 11.8 Å². The van der Waals surface area contributed by atoms with E-state index in [0.717, 1.165) is 37.5 Å². The summed E-state index contributed by atoms with van der Waals surface area (Å²) in [4.78, 5) is 27.4. The number of hydrogen-bond donors (Lipinski definition) is 1. The second-order valence-corrected chi connectivity index (χ2v) is 9.27. The van der Waals surface area contributed by atoms with E-state index < -0.39 is 17.5 Å². The van der Waals surface area contributed by atoms with Crippen LogP contribution in [0.15, 0.2) is 48.7 Å². The monoisotopic (exact) mass is 496 g/mol. The van der Waals surface area contributed by atoms with Crippen molar-refractivity contribution in [2.45, 2.75) is 58.7 Å². The Morgan fingerprint density at radius 3 is 2.47 bits per heavy atom. The molecule has 190 valence electrons. The van der Waals surface area contributed by atoms with Crippen molar-refractivity contribution in [3.8, 4) is 5.75 Å². The summed E-state index contributed by atoms with van der Waals surface area (Å²) in [7, 11) is 0. The molecular formula is C27H30F2N4O3. The van der Waals surface area contributed by atoms with Gasteiger partial charge in [0.1, 0.15) is 23.2 Å². The molecule has 2 heterocycles. The largest absolute Gasteiger partial charge is 0.484 e. The second kappa shape index (κ2) is 10.9. The molecule has 0 aliphatic carbocycles. The van der Waals surface area contributed by atoms with E-state index in [1.54, 1.807) is 37.4 Å². The minimum Gasteiger partial charge on any atom is -0.484 e. The molecule has 2 unspecified atom stereocenters. The van der Waals surface area contributed by atoms with E-state index in [-0.39, 0.29) is 36.7 Å². The number of likely N-dealkylation sites (tertiary alicyclic amines) is 1. The Bertz CT molecular complexity index is 1230. The maximum Gasteiger partial charge on any atom is 0.260 e. The molecule has 7 nitrogen and oxygen atoms in total. The number of aryl methyl sites for hydroxylation is 1. The molecule has 2 atom stereocenters. The third-order valence-electron chi connectivity index (χ3n) is 6.54. The van der Waals surface area contributed by atoms with Crippen LogP contribution in [0.3, 0.4) is 0 Å². The number of aromatic nitrogens is 2. The lowest BCUT2D eigenvalue weighted by molar-refractivity contribution is -0.139. The third kappa shape index (κ3) is 5.72. The molecule has 1 aliphatic rings. The molecule has 1 aromatic heterocycles. The van der Waals surface area contributed by atoms with Crippen LogP contribution in [0, 0.1) is 18.6 Å². The summed E-state index contributed by atoms with van der Waals surface area (Å²) in [5.74, 6) is -0.669. The highest BCUT2D eigenvalue weighted by Gasteiger charge is 2.29. The quantitative estimate of drug-likeness (QED) is 0.503. The predicted octanol–water partition coefficient (Wildman–Crippen LogP) is 4.94. The van der Waals surface area contributed by atoms with Crippen molar-refractivity contribution >= 4 is 17.6 Å². The summed E-state index contributed by atoms with van der Waals surface area (Å²) in [6.45, 7) is 5.78. The zero-order valence-corrected chi connectivity index (χ0v) is 20.6. The van der Waals surface area contributed by atoms with Gasteiger partial charge in [-0.15, -0.1) is 0 Å². The lowest BCUT2D eigenvalue weighted by Gasteiger charge is -2.38. The van der Waals surface area contributed by atoms with Gasteiger partial charge in [0.05, 0.1) is 12.7 Å². The fourth-order valence-corrected chi connectivity index (χ4v) is 4.60. The summed E-state index contributed by atoms with van der Waals surface area (Å²) >= 11 is 0. The number of anilines is 1. The van der Waals surface area contributed by atoms with Crippen LogP contribution >= 0.6 is 0 Å². The van der Waals surface area contributed by atoms with E-state index in [1.165, 1.54) is 4.68 Å². The number of carbonyl (C=O) groups excluding carboxylic acids is 2. The van der Waals surface area contributed by atoms with E-state index in [9.17, 15) is 18.4 Å². The van der Waals surface area contributed by atoms with Crippen LogP contribution in [0.1, 0.15) is 54.6 Å².